The van der Waals surface area contributed by atoms with Crippen molar-refractivity contribution in [3.8, 4) is 0 Å². The van der Waals surface area contributed by atoms with Crippen LogP contribution in [0.1, 0.15) is 6.42 Å². The summed E-state index contributed by atoms with van der Waals surface area (Å²) in [5, 5.41) is 0.478. The minimum absolute atomic E-state index is 0.345. The third-order valence-electron chi connectivity index (χ3n) is 2.58. The summed E-state index contributed by atoms with van der Waals surface area (Å²) < 4.78 is 9.60. The molecule has 0 aromatic carbocycles. The Kier molecular flexibility index (Phi) is 2.23. The van der Waals surface area contributed by atoms with Crippen molar-refractivity contribution in [3.05, 3.63) is 11.1 Å². The third-order valence-corrected chi connectivity index (χ3v) is 2.97. The maximum atomic E-state index is 11.3. The molecule has 3 rings (SSSR count). The minimum Gasteiger partial charge on any atom is -0.469 e. The van der Waals surface area contributed by atoms with Gasteiger partial charge in [-0.3, -0.25) is 9.59 Å². The predicted molar refractivity (Wildman–Crippen MR) is 47.4 cm³/mol. The smallest absolute Gasteiger partial charge is 0.314 e. The second-order valence-corrected chi connectivity index (χ2v) is 3.81. The fourth-order valence-electron chi connectivity index (χ4n) is 1.81. The van der Waals surface area contributed by atoms with Gasteiger partial charge in [-0.15, -0.1) is 0 Å². The van der Waals surface area contributed by atoms with Crippen molar-refractivity contribution in [3.63, 3.8) is 0 Å². The molecule has 0 saturated carbocycles. The summed E-state index contributed by atoms with van der Waals surface area (Å²) >= 11 is 5.83. The highest BCUT2D eigenvalue weighted by Gasteiger charge is 2.46. The Morgan fingerprint density at radius 2 is 2.43 bits per heavy atom. The Labute approximate surface area is 85.8 Å². The first-order valence-electron chi connectivity index (χ1n) is 4.29. The van der Waals surface area contributed by atoms with Crippen molar-refractivity contribution in [2.75, 3.05) is 7.11 Å². The van der Waals surface area contributed by atoms with Gasteiger partial charge in [0.2, 0.25) is 0 Å². The minimum atomic E-state index is -0.549. The SMILES string of the molecule is COC(=O)[C@@H]1C[C@H]2C(=O)O[C@@H]1C=C2Cl. The first kappa shape index (κ1) is 9.52. The molecule has 2 bridgehead atoms. The van der Waals surface area contributed by atoms with Gasteiger partial charge in [0.25, 0.3) is 0 Å². The van der Waals surface area contributed by atoms with Crippen LogP contribution in [0.15, 0.2) is 11.1 Å². The summed E-state index contributed by atoms with van der Waals surface area (Å²) in [5.74, 6) is -1.58. The van der Waals surface area contributed by atoms with Crippen LogP contribution in [0.5, 0.6) is 0 Å². The second kappa shape index (κ2) is 3.28. The Balaban J connectivity index is 2.24. The van der Waals surface area contributed by atoms with Crippen LogP contribution in [-0.4, -0.2) is 25.2 Å². The van der Waals surface area contributed by atoms with Gasteiger partial charge in [0, 0.05) is 5.03 Å². The average molecular weight is 217 g/mol. The van der Waals surface area contributed by atoms with Gasteiger partial charge in [-0.2, -0.15) is 0 Å². The molecule has 5 heteroatoms. The third kappa shape index (κ3) is 1.30. The van der Waals surface area contributed by atoms with Crippen LogP contribution in [-0.2, 0) is 19.1 Å². The quantitative estimate of drug-likeness (QED) is 0.610. The van der Waals surface area contributed by atoms with E-state index in [1.165, 1.54) is 7.11 Å². The average Bonchev–Trinajstić information content (AvgIpc) is 2.16. The van der Waals surface area contributed by atoms with Gasteiger partial charge in [-0.05, 0) is 12.5 Å². The van der Waals surface area contributed by atoms with E-state index in [1.807, 2.05) is 0 Å². The van der Waals surface area contributed by atoms with E-state index in [0.717, 1.165) is 0 Å². The van der Waals surface area contributed by atoms with Crippen LogP contribution in [0.2, 0.25) is 0 Å². The summed E-state index contributed by atoms with van der Waals surface area (Å²) in [4.78, 5) is 22.5. The summed E-state index contributed by atoms with van der Waals surface area (Å²) in [6, 6.07) is 0. The Hall–Kier alpha value is -1.03. The number of esters is 2. The molecule has 2 heterocycles. The van der Waals surface area contributed by atoms with E-state index in [2.05, 4.69) is 4.74 Å². The predicted octanol–water partition coefficient (Wildman–Crippen LogP) is 0.844. The first-order chi connectivity index (χ1) is 6.63. The van der Waals surface area contributed by atoms with Crippen LogP contribution in [0.25, 0.3) is 0 Å². The molecule has 2 aliphatic heterocycles. The van der Waals surface area contributed by atoms with Gasteiger partial charge < -0.3 is 9.47 Å². The highest BCUT2D eigenvalue weighted by molar-refractivity contribution is 6.31. The molecule has 0 N–H and O–H groups in total. The molecular formula is C9H9ClO4. The lowest BCUT2D eigenvalue weighted by atomic mass is 9.81. The molecule has 14 heavy (non-hydrogen) atoms. The van der Waals surface area contributed by atoms with Gasteiger partial charge >= 0.3 is 11.9 Å². The van der Waals surface area contributed by atoms with Crippen molar-refractivity contribution in [1.29, 1.82) is 0 Å². The number of ether oxygens (including phenoxy) is 2. The molecule has 76 valence electrons. The molecule has 1 saturated heterocycles. The zero-order chi connectivity index (χ0) is 10.3. The molecule has 0 spiro atoms. The van der Waals surface area contributed by atoms with E-state index < -0.39 is 17.9 Å². The molecule has 3 aliphatic rings. The van der Waals surface area contributed by atoms with E-state index in [-0.39, 0.29) is 11.9 Å². The lowest BCUT2D eigenvalue weighted by molar-refractivity contribution is -0.170. The Bertz CT molecular complexity index is 323. The summed E-state index contributed by atoms with van der Waals surface area (Å²) in [6.45, 7) is 0. The van der Waals surface area contributed by atoms with Crippen LogP contribution >= 0.6 is 11.6 Å². The first-order valence-corrected chi connectivity index (χ1v) is 4.67. The van der Waals surface area contributed by atoms with Gasteiger partial charge in [-0.25, -0.2) is 0 Å². The second-order valence-electron chi connectivity index (χ2n) is 3.37. The van der Waals surface area contributed by atoms with E-state index in [4.69, 9.17) is 16.3 Å². The van der Waals surface area contributed by atoms with Crippen LogP contribution in [0.3, 0.4) is 0 Å². The molecule has 1 aliphatic carbocycles. The molecule has 3 atom stereocenters. The van der Waals surface area contributed by atoms with Crippen LogP contribution < -0.4 is 0 Å². The maximum Gasteiger partial charge on any atom is 0.314 e. The molecule has 0 radical (unpaired) electrons. The molecule has 0 aromatic heterocycles. The molecule has 0 unspecified atom stereocenters. The van der Waals surface area contributed by atoms with Crippen molar-refractivity contribution < 1.29 is 19.1 Å². The van der Waals surface area contributed by atoms with E-state index >= 15 is 0 Å². The molecule has 4 nitrogen and oxygen atoms in total. The lowest BCUT2D eigenvalue weighted by Gasteiger charge is -2.36. The number of rotatable bonds is 1. The fraction of sp³-hybridized carbons (Fsp3) is 0.556. The lowest BCUT2D eigenvalue weighted by Crippen LogP contribution is -2.45. The van der Waals surface area contributed by atoms with Gasteiger partial charge in [0.05, 0.1) is 18.9 Å². The van der Waals surface area contributed by atoms with Crippen LogP contribution in [0, 0.1) is 11.8 Å². The molecule has 1 fully saturated rings. The Morgan fingerprint density at radius 1 is 1.71 bits per heavy atom. The summed E-state index contributed by atoms with van der Waals surface area (Å²) in [7, 11) is 1.32. The van der Waals surface area contributed by atoms with Gasteiger partial charge in [0.1, 0.15) is 6.10 Å². The molecule has 0 amide bonds. The van der Waals surface area contributed by atoms with Crippen LogP contribution in [0.4, 0.5) is 0 Å². The molecule has 0 aromatic rings. The van der Waals surface area contributed by atoms with Crippen molar-refractivity contribution in [2.45, 2.75) is 12.5 Å². The van der Waals surface area contributed by atoms with Crippen molar-refractivity contribution in [2.24, 2.45) is 11.8 Å². The fourth-order valence-corrected chi connectivity index (χ4v) is 2.12. The zero-order valence-electron chi connectivity index (χ0n) is 7.53. The largest absolute Gasteiger partial charge is 0.469 e. The maximum absolute atomic E-state index is 11.3. The van der Waals surface area contributed by atoms with Gasteiger partial charge in [0.15, 0.2) is 0 Å². The van der Waals surface area contributed by atoms with Crippen molar-refractivity contribution in [1.82, 2.24) is 0 Å². The molecular weight excluding hydrogens is 208 g/mol. The number of halogens is 1. The van der Waals surface area contributed by atoms with E-state index in [9.17, 15) is 9.59 Å². The zero-order valence-corrected chi connectivity index (χ0v) is 8.28. The number of methoxy groups -OCH3 is 1. The number of carbonyl (C=O) groups is 2. The summed E-state index contributed by atoms with van der Waals surface area (Å²) in [5.41, 5.74) is 0. The monoisotopic (exact) mass is 216 g/mol. The van der Waals surface area contributed by atoms with E-state index in [1.54, 1.807) is 6.08 Å². The number of hydrogen-bond donors (Lipinski definition) is 0. The Morgan fingerprint density at radius 3 is 2.93 bits per heavy atom. The normalized spacial score (nSPS) is 34.9. The summed E-state index contributed by atoms with van der Waals surface area (Å²) in [6.07, 6.45) is 1.46. The van der Waals surface area contributed by atoms with Gasteiger partial charge in [-0.1, -0.05) is 11.6 Å². The topological polar surface area (TPSA) is 52.6 Å². The number of hydrogen-bond acceptors (Lipinski definition) is 4. The highest BCUT2D eigenvalue weighted by atomic mass is 35.5. The highest BCUT2D eigenvalue weighted by Crippen LogP contribution is 2.39. The standard InChI is InChI=1S/C9H9ClO4/c1-13-8(11)5-2-4-6(10)3-7(5)14-9(4)12/h3-5,7H,2H2,1H3/t4-,5-,7-/m1/s1. The number of carbonyl (C=O) groups excluding carboxylic acids is 2. The van der Waals surface area contributed by atoms with Crippen molar-refractivity contribution >= 4 is 23.5 Å². The number of fused-ring (bicyclic) bond motifs is 2. The van der Waals surface area contributed by atoms with E-state index in [0.29, 0.717) is 11.5 Å².